The van der Waals surface area contributed by atoms with Crippen LogP contribution in [-0.4, -0.2) is 24.9 Å². The predicted molar refractivity (Wildman–Crippen MR) is 50.9 cm³/mol. The third-order valence-corrected chi connectivity index (χ3v) is 1.74. The minimum Gasteiger partial charge on any atom is -0.244 e. The molecule has 2 heterocycles. The van der Waals surface area contributed by atoms with Crippen molar-refractivity contribution in [3.8, 4) is 11.4 Å². The maximum Gasteiger partial charge on any atom is 0.227 e. The molecule has 0 N–H and O–H groups in total. The van der Waals surface area contributed by atoms with Crippen molar-refractivity contribution in [1.82, 2.24) is 24.9 Å². The Balaban J connectivity index is 2.52. The smallest absolute Gasteiger partial charge is 0.227 e. The van der Waals surface area contributed by atoms with Crippen LogP contribution in [0.3, 0.4) is 0 Å². The van der Waals surface area contributed by atoms with Crippen molar-refractivity contribution in [3.05, 3.63) is 29.3 Å². The SMILES string of the molecule is Clc1nc(Cl)nc(-c2cncnc2)n1. The molecule has 2 rings (SSSR count). The van der Waals surface area contributed by atoms with Crippen LogP contribution in [0.25, 0.3) is 11.4 Å². The van der Waals surface area contributed by atoms with Crippen molar-refractivity contribution >= 4 is 23.2 Å². The summed E-state index contributed by atoms with van der Waals surface area (Å²) in [6.45, 7) is 0. The number of rotatable bonds is 1. The molecule has 2 aromatic rings. The van der Waals surface area contributed by atoms with Gasteiger partial charge in [0.2, 0.25) is 10.6 Å². The lowest BCUT2D eigenvalue weighted by molar-refractivity contribution is 1.04. The van der Waals surface area contributed by atoms with Gasteiger partial charge < -0.3 is 0 Å². The lowest BCUT2D eigenvalue weighted by atomic mass is 10.3. The first-order valence-electron chi connectivity index (χ1n) is 3.58. The van der Waals surface area contributed by atoms with Crippen LogP contribution in [0.5, 0.6) is 0 Å². The molecule has 0 aliphatic rings. The Labute approximate surface area is 89.2 Å². The monoisotopic (exact) mass is 227 g/mol. The Morgan fingerprint density at radius 1 is 0.857 bits per heavy atom. The molecule has 0 aliphatic carbocycles. The van der Waals surface area contributed by atoms with E-state index in [4.69, 9.17) is 23.2 Å². The molecule has 0 saturated carbocycles. The number of halogens is 2. The van der Waals surface area contributed by atoms with E-state index in [1.54, 1.807) is 12.4 Å². The topological polar surface area (TPSA) is 64.5 Å². The van der Waals surface area contributed by atoms with E-state index in [1.165, 1.54) is 6.33 Å². The van der Waals surface area contributed by atoms with Crippen molar-refractivity contribution < 1.29 is 0 Å². The maximum absolute atomic E-state index is 5.61. The second-order valence-corrected chi connectivity index (χ2v) is 3.00. The van der Waals surface area contributed by atoms with Gasteiger partial charge in [0.05, 0.1) is 5.56 Å². The molecule has 0 amide bonds. The van der Waals surface area contributed by atoms with E-state index >= 15 is 0 Å². The molecule has 0 aliphatic heterocycles. The van der Waals surface area contributed by atoms with Crippen LogP contribution >= 0.6 is 23.2 Å². The molecule has 0 aromatic carbocycles. The molecule has 0 saturated heterocycles. The summed E-state index contributed by atoms with van der Waals surface area (Å²) in [5.74, 6) is 0.357. The second kappa shape index (κ2) is 3.81. The van der Waals surface area contributed by atoms with Crippen LogP contribution in [0.2, 0.25) is 10.6 Å². The molecule has 0 fully saturated rings. The number of aromatic nitrogens is 5. The highest BCUT2D eigenvalue weighted by atomic mass is 35.5. The molecule has 0 atom stereocenters. The molecule has 0 unspecified atom stereocenters. The van der Waals surface area contributed by atoms with Gasteiger partial charge in [-0.15, -0.1) is 0 Å². The summed E-state index contributed by atoms with van der Waals surface area (Å²) < 4.78 is 0. The third-order valence-electron chi connectivity index (χ3n) is 1.40. The Morgan fingerprint density at radius 2 is 1.43 bits per heavy atom. The summed E-state index contributed by atoms with van der Waals surface area (Å²) in [5, 5.41) is 0.0905. The van der Waals surface area contributed by atoms with E-state index in [1.807, 2.05) is 0 Å². The molecular formula is C7H3Cl2N5. The fourth-order valence-corrected chi connectivity index (χ4v) is 1.23. The predicted octanol–water partition coefficient (Wildman–Crippen LogP) is 1.64. The van der Waals surface area contributed by atoms with Crippen LogP contribution in [0.15, 0.2) is 18.7 Å². The quantitative estimate of drug-likeness (QED) is 0.742. The molecule has 70 valence electrons. The third kappa shape index (κ3) is 1.94. The first kappa shape index (κ1) is 9.23. The first-order chi connectivity index (χ1) is 6.75. The van der Waals surface area contributed by atoms with Crippen molar-refractivity contribution in [2.24, 2.45) is 0 Å². The molecule has 0 spiro atoms. The van der Waals surface area contributed by atoms with Crippen LogP contribution in [0.4, 0.5) is 0 Å². The van der Waals surface area contributed by atoms with E-state index in [2.05, 4.69) is 24.9 Å². The Hall–Kier alpha value is -1.33. The van der Waals surface area contributed by atoms with Gasteiger partial charge in [-0.3, -0.25) is 0 Å². The van der Waals surface area contributed by atoms with E-state index in [-0.39, 0.29) is 10.6 Å². The summed E-state index contributed by atoms with van der Waals surface area (Å²) in [7, 11) is 0. The largest absolute Gasteiger partial charge is 0.244 e. The van der Waals surface area contributed by atoms with E-state index in [0.29, 0.717) is 11.4 Å². The van der Waals surface area contributed by atoms with Crippen molar-refractivity contribution in [3.63, 3.8) is 0 Å². The summed E-state index contributed by atoms with van der Waals surface area (Å²) >= 11 is 11.2. The van der Waals surface area contributed by atoms with Gasteiger partial charge in [0.15, 0.2) is 5.82 Å². The molecule has 5 nitrogen and oxygen atoms in total. The van der Waals surface area contributed by atoms with Crippen LogP contribution < -0.4 is 0 Å². The zero-order chi connectivity index (χ0) is 9.97. The zero-order valence-corrected chi connectivity index (χ0v) is 8.24. The standard InChI is InChI=1S/C7H3Cl2N5/c8-6-12-5(13-7(9)14-6)4-1-10-3-11-2-4/h1-3H. The fourth-order valence-electron chi connectivity index (χ4n) is 0.870. The first-order valence-corrected chi connectivity index (χ1v) is 4.34. The highest BCUT2D eigenvalue weighted by Gasteiger charge is 2.05. The second-order valence-electron chi connectivity index (χ2n) is 2.32. The van der Waals surface area contributed by atoms with Crippen molar-refractivity contribution in [2.75, 3.05) is 0 Å². The fraction of sp³-hybridized carbons (Fsp3) is 0. The van der Waals surface area contributed by atoms with Gasteiger partial charge in [0.1, 0.15) is 6.33 Å². The maximum atomic E-state index is 5.61. The molecule has 2 aromatic heterocycles. The van der Waals surface area contributed by atoms with E-state index in [9.17, 15) is 0 Å². The molecular weight excluding hydrogens is 225 g/mol. The van der Waals surface area contributed by atoms with Crippen molar-refractivity contribution in [1.29, 1.82) is 0 Å². The van der Waals surface area contributed by atoms with Gasteiger partial charge in [0.25, 0.3) is 0 Å². The minimum absolute atomic E-state index is 0.0452. The number of hydrogen-bond donors (Lipinski definition) is 0. The van der Waals surface area contributed by atoms with Gasteiger partial charge in [-0.1, -0.05) is 0 Å². The van der Waals surface area contributed by atoms with Gasteiger partial charge in [-0.2, -0.15) is 15.0 Å². The lowest BCUT2D eigenvalue weighted by Gasteiger charge is -1.98. The summed E-state index contributed by atoms with van der Waals surface area (Å²) in [6, 6.07) is 0. The van der Waals surface area contributed by atoms with Crippen LogP contribution in [0, 0.1) is 0 Å². The summed E-state index contributed by atoms with van der Waals surface area (Å²) in [6.07, 6.45) is 4.54. The Bertz CT molecular complexity index is 427. The normalized spacial score (nSPS) is 10.1. The lowest BCUT2D eigenvalue weighted by Crippen LogP contribution is -1.94. The van der Waals surface area contributed by atoms with Gasteiger partial charge in [-0.05, 0) is 23.2 Å². The summed E-state index contributed by atoms with van der Waals surface area (Å²) in [4.78, 5) is 19.0. The molecule has 0 radical (unpaired) electrons. The zero-order valence-electron chi connectivity index (χ0n) is 6.72. The Kier molecular flexibility index (Phi) is 2.51. The van der Waals surface area contributed by atoms with Gasteiger partial charge >= 0.3 is 0 Å². The molecule has 14 heavy (non-hydrogen) atoms. The van der Waals surface area contributed by atoms with Crippen molar-refractivity contribution in [2.45, 2.75) is 0 Å². The summed E-state index contributed by atoms with van der Waals surface area (Å²) in [5.41, 5.74) is 0.638. The highest BCUT2D eigenvalue weighted by molar-refractivity contribution is 6.31. The number of nitrogens with zero attached hydrogens (tertiary/aromatic N) is 5. The van der Waals surface area contributed by atoms with Crippen LogP contribution in [0.1, 0.15) is 0 Å². The van der Waals surface area contributed by atoms with E-state index < -0.39 is 0 Å². The highest BCUT2D eigenvalue weighted by Crippen LogP contribution is 2.15. The average molecular weight is 228 g/mol. The van der Waals surface area contributed by atoms with E-state index in [0.717, 1.165) is 0 Å². The average Bonchev–Trinajstić information content (AvgIpc) is 2.18. The minimum atomic E-state index is 0.0452. The Morgan fingerprint density at radius 3 is 2.00 bits per heavy atom. The van der Waals surface area contributed by atoms with Gasteiger partial charge in [0, 0.05) is 12.4 Å². The number of hydrogen-bond acceptors (Lipinski definition) is 5. The molecule has 7 heteroatoms. The van der Waals surface area contributed by atoms with Crippen LogP contribution in [-0.2, 0) is 0 Å². The molecule has 0 bridgehead atoms. The van der Waals surface area contributed by atoms with Gasteiger partial charge in [-0.25, -0.2) is 9.97 Å².